The number of benzene rings is 2. The van der Waals surface area contributed by atoms with E-state index in [1.165, 1.54) is 11.1 Å². The first-order valence-electron chi connectivity index (χ1n) is 10.2. The predicted octanol–water partition coefficient (Wildman–Crippen LogP) is 3.65. The van der Waals surface area contributed by atoms with Gasteiger partial charge in [0.15, 0.2) is 11.5 Å². The minimum absolute atomic E-state index is 0.265. The molecule has 0 radical (unpaired) electrons. The lowest BCUT2D eigenvalue weighted by atomic mass is 10.1. The Balaban J connectivity index is 1.68. The van der Waals surface area contributed by atoms with Crippen molar-refractivity contribution in [3.63, 3.8) is 0 Å². The van der Waals surface area contributed by atoms with Crippen molar-refractivity contribution >= 4 is 0 Å². The number of morpholine rings is 1. The highest BCUT2D eigenvalue weighted by atomic mass is 16.5. The number of methoxy groups -OCH3 is 1. The lowest BCUT2D eigenvalue weighted by Crippen LogP contribution is -2.41. The van der Waals surface area contributed by atoms with Crippen molar-refractivity contribution in [2.75, 3.05) is 46.6 Å². The first-order valence-corrected chi connectivity index (χ1v) is 10.2. The summed E-state index contributed by atoms with van der Waals surface area (Å²) in [5.74, 6) is 1.60. The van der Waals surface area contributed by atoms with Crippen LogP contribution in [0.5, 0.6) is 11.5 Å². The third-order valence-corrected chi connectivity index (χ3v) is 4.99. The molecule has 2 aromatic carbocycles. The van der Waals surface area contributed by atoms with E-state index >= 15 is 0 Å². The minimum atomic E-state index is 0.265. The highest BCUT2D eigenvalue weighted by Crippen LogP contribution is 2.28. The minimum Gasteiger partial charge on any atom is -0.493 e. The van der Waals surface area contributed by atoms with E-state index in [0.717, 1.165) is 57.3 Å². The van der Waals surface area contributed by atoms with Crippen LogP contribution in [0.3, 0.4) is 0 Å². The fourth-order valence-corrected chi connectivity index (χ4v) is 3.41. The van der Waals surface area contributed by atoms with Gasteiger partial charge in [-0.05, 0) is 29.7 Å². The van der Waals surface area contributed by atoms with E-state index in [1.54, 1.807) is 7.11 Å². The van der Waals surface area contributed by atoms with E-state index in [9.17, 15) is 0 Å². The van der Waals surface area contributed by atoms with Crippen LogP contribution >= 0.6 is 0 Å². The lowest BCUT2D eigenvalue weighted by Gasteiger charge is -2.31. The van der Waals surface area contributed by atoms with Gasteiger partial charge in [-0.15, -0.1) is 0 Å². The number of hydrogen-bond acceptors (Lipinski definition) is 5. The Morgan fingerprint density at radius 3 is 2.57 bits per heavy atom. The molecule has 3 rings (SSSR count). The number of rotatable bonds is 10. The number of hydrogen-bond donors (Lipinski definition) is 1. The largest absolute Gasteiger partial charge is 0.493 e. The molecule has 28 heavy (non-hydrogen) atoms. The van der Waals surface area contributed by atoms with E-state index in [4.69, 9.17) is 14.2 Å². The molecule has 152 valence electrons. The van der Waals surface area contributed by atoms with E-state index in [1.807, 2.05) is 6.07 Å². The Morgan fingerprint density at radius 1 is 1.07 bits per heavy atom. The summed E-state index contributed by atoms with van der Waals surface area (Å²) in [7, 11) is 1.68. The van der Waals surface area contributed by atoms with E-state index in [-0.39, 0.29) is 6.04 Å². The van der Waals surface area contributed by atoms with Gasteiger partial charge in [-0.25, -0.2) is 0 Å². The molecule has 0 aliphatic carbocycles. The van der Waals surface area contributed by atoms with Gasteiger partial charge < -0.3 is 19.5 Å². The van der Waals surface area contributed by atoms with Crippen LogP contribution in [0, 0.1) is 0 Å². The molecule has 5 nitrogen and oxygen atoms in total. The maximum absolute atomic E-state index is 5.86. The Bertz CT molecular complexity index is 702. The Kier molecular flexibility index (Phi) is 8.15. The van der Waals surface area contributed by atoms with Crippen LogP contribution in [0.1, 0.15) is 30.5 Å². The maximum atomic E-state index is 5.86. The van der Waals surface area contributed by atoms with Crippen molar-refractivity contribution in [1.29, 1.82) is 0 Å². The van der Waals surface area contributed by atoms with E-state index in [2.05, 4.69) is 59.6 Å². The monoisotopic (exact) mass is 384 g/mol. The molecule has 1 N–H and O–H groups in total. The van der Waals surface area contributed by atoms with Crippen molar-refractivity contribution in [1.82, 2.24) is 10.2 Å². The van der Waals surface area contributed by atoms with Gasteiger partial charge in [0.25, 0.3) is 0 Å². The molecule has 1 heterocycles. The Hall–Kier alpha value is -2.08. The second kappa shape index (κ2) is 11.1. The molecule has 1 unspecified atom stereocenters. The topological polar surface area (TPSA) is 43.0 Å². The average molecular weight is 385 g/mol. The van der Waals surface area contributed by atoms with Crippen LogP contribution in [-0.4, -0.2) is 51.5 Å². The summed E-state index contributed by atoms with van der Waals surface area (Å²) < 4.78 is 16.8. The first kappa shape index (κ1) is 20.6. The Labute approximate surface area is 168 Å². The summed E-state index contributed by atoms with van der Waals surface area (Å²) in [6.45, 7) is 8.16. The zero-order valence-electron chi connectivity index (χ0n) is 17.0. The molecule has 1 fully saturated rings. The molecular weight excluding hydrogens is 352 g/mol. The fourth-order valence-electron chi connectivity index (χ4n) is 3.41. The van der Waals surface area contributed by atoms with Crippen LogP contribution in [0.25, 0.3) is 0 Å². The van der Waals surface area contributed by atoms with Gasteiger partial charge in [-0.2, -0.15) is 0 Å². The average Bonchev–Trinajstić information content (AvgIpc) is 2.76. The highest BCUT2D eigenvalue weighted by Gasteiger charge is 2.18. The standard InChI is InChI=1S/C23H32N2O3/c1-3-13-28-23-16-19(9-10-22(23)26-2)17-24-21(20-7-5-4-6-8-20)18-25-11-14-27-15-12-25/h4-10,16,21,24H,3,11-15,17-18H2,1-2H3. The highest BCUT2D eigenvalue weighted by molar-refractivity contribution is 5.43. The molecule has 1 aliphatic rings. The molecule has 0 bridgehead atoms. The smallest absolute Gasteiger partial charge is 0.161 e. The van der Waals surface area contributed by atoms with E-state index in [0.29, 0.717) is 6.61 Å². The van der Waals surface area contributed by atoms with Gasteiger partial charge in [0.2, 0.25) is 0 Å². The SMILES string of the molecule is CCCOc1cc(CNC(CN2CCOCC2)c2ccccc2)ccc1OC. The molecule has 2 aromatic rings. The van der Waals surface area contributed by atoms with Gasteiger partial charge >= 0.3 is 0 Å². The molecule has 1 aliphatic heterocycles. The summed E-state index contributed by atoms with van der Waals surface area (Å²) in [5, 5.41) is 3.74. The number of nitrogens with zero attached hydrogens (tertiary/aromatic N) is 1. The molecule has 0 aromatic heterocycles. The quantitative estimate of drug-likeness (QED) is 0.677. The van der Waals surface area contributed by atoms with Crippen LogP contribution in [0.15, 0.2) is 48.5 Å². The van der Waals surface area contributed by atoms with Crippen molar-refractivity contribution in [2.45, 2.75) is 25.9 Å². The first-order chi connectivity index (χ1) is 13.8. The van der Waals surface area contributed by atoms with Crippen molar-refractivity contribution < 1.29 is 14.2 Å². The summed E-state index contributed by atoms with van der Waals surface area (Å²) >= 11 is 0. The molecule has 1 atom stereocenters. The molecule has 0 spiro atoms. The van der Waals surface area contributed by atoms with Crippen molar-refractivity contribution in [2.24, 2.45) is 0 Å². The molecule has 0 amide bonds. The fraction of sp³-hybridized carbons (Fsp3) is 0.478. The van der Waals surface area contributed by atoms with Crippen LogP contribution in [0.4, 0.5) is 0 Å². The van der Waals surface area contributed by atoms with Gasteiger partial charge in [-0.3, -0.25) is 4.90 Å². The third-order valence-electron chi connectivity index (χ3n) is 4.99. The second-order valence-corrected chi connectivity index (χ2v) is 7.09. The van der Waals surface area contributed by atoms with Crippen molar-refractivity contribution in [3.05, 3.63) is 59.7 Å². The second-order valence-electron chi connectivity index (χ2n) is 7.09. The summed E-state index contributed by atoms with van der Waals surface area (Å²) in [6, 6.07) is 17.1. The maximum Gasteiger partial charge on any atom is 0.161 e. The lowest BCUT2D eigenvalue weighted by molar-refractivity contribution is 0.0333. The van der Waals surface area contributed by atoms with Crippen LogP contribution in [0.2, 0.25) is 0 Å². The predicted molar refractivity (Wildman–Crippen MR) is 112 cm³/mol. The Morgan fingerprint density at radius 2 is 1.86 bits per heavy atom. The third kappa shape index (κ3) is 5.96. The van der Waals surface area contributed by atoms with Crippen molar-refractivity contribution in [3.8, 4) is 11.5 Å². The van der Waals surface area contributed by atoms with Crippen LogP contribution in [-0.2, 0) is 11.3 Å². The van der Waals surface area contributed by atoms with Gasteiger partial charge in [-0.1, -0.05) is 43.3 Å². The van der Waals surface area contributed by atoms with Gasteiger partial charge in [0.1, 0.15) is 0 Å². The molecular formula is C23H32N2O3. The molecule has 1 saturated heterocycles. The number of nitrogens with one attached hydrogen (secondary N) is 1. The molecule has 0 saturated carbocycles. The van der Waals surface area contributed by atoms with Crippen LogP contribution < -0.4 is 14.8 Å². The zero-order chi connectivity index (χ0) is 19.6. The zero-order valence-corrected chi connectivity index (χ0v) is 17.0. The number of ether oxygens (including phenoxy) is 3. The molecule has 5 heteroatoms. The summed E-state index contributed by atoms with van der Waals surface area (Å²) in [5.41, 5.74) is 2.50. The van der Waals surface area contributed by atoms with E-state index < -0.39 is 0 Å². The van der Waals surface area contributed by atoms with Gasteiger partial charge in [0, 0.05) is 32.2 Å². The van der Waals surface area contributed by atoms with Gasteiger partial charge in [0.05, 0.1) is 26.9 Å². The summed E-state index contributed by atoms with van der Waals surface area (Å²) in [6.07, 6.45) is 0.973. The summed E-state index contributed by atoms with van der Waals surface area (Å²) in [4.78, 5) is 2.47. The normalized spacial score (nSPS) is 15.9.